The molecule has 0 radical (unpaired) electrons. The van der Waals surface area contributed by atoms with Crippen molar-refractivity contribution in [2.75, 3.05) is 0 Å². The average Bonchev–Trinajstić information content (AvgIpc) is 1.36. The molecule has 0 heterocycles. The zero-order chi connectivity index (χ0) is 5.15. The summed E-state index contributed by atoms with van der Waals surface area (Å²) in [5.41, 5.74) is 0. The fourth-order valence-electron chi connectivity index (χ4n) is 0. The molecule has 0 aliphatic heterocycles. The third-order valence-corrected chi connectivity index (χ3v) is 13.6. The van der Waals surface area contributed by atoms with Gasteiger partial charge in [0.2, 0.25) is 0 Å². The normalized spacial score (nSPS) is 9.50. The number of hydrogen-bond donors (Lipinski definition) is 0. The van der Waals surface area contributed by atoms with Crippen molar-refractivity contribution >= 4 is 39.4 Å². The monoisotopic (exact) mass is 270 g/mol. The van der Waals surface area contributed by atoms with E-state index in [0.29, 0.717) is 0 Å². The van der Waals surface area contributed by atoms with E-state index in [2.05, 4.69) is 41.0 Å². The maximum absolute atomic E-state index is 3.54. The van der Waals surface area contributed by atoms with E-state index in [-0.39, 0.29) is 0 Å². The quantitative estimate of drug-likeness (QED) is 0.644. The Balaban J connectivity index is 2.99. The van der Waals surface area contributed by atoms with Crippen LogP contribution in [-0.2, 0) is 0 Å². The summed E-state index contributed by atoms with van der Waals surface area (Å²) < 4.78 is 0.873. The van der Waals surface area contributed by atoms with Crippen LogP contribution in [0.4, 0.5) is 0 Å². The second-order valence-electron chi connectivity index (χ2n) is 1.58. The molecule has 0 aromatic rings. The topological polar surface area (TPSA) is 0 Å². The van der Waals surface area contributed by atoms with Gasteiger partial charge in [-0.25, -0.2) is 0 Å². The Morgan fingerprint density at radius 3 is 1.50 bits per heavy atom. The van der Waals surface area contributed by atoms with Gasteiger partial charge < -0.3 is 0 Å². The fourth-order valence-corrected chi connectivity index (χ4v) is 0. The van der Waals surface area contributed by atoms with Crippen LogP contribution in [0.1, 0.15) is 13.8 Å². The van der Waals surface area contributed by atoms with Crippen molar-refractivity contribution in [3.05, 3.63) is 0 Å². The van der Waals surface area contributed by atoms with Crippen LogP contribution in [0.5, 0.6) is 0 Å². The van der Waals surface area contributed by atoms with E-state index in [1.54, 1.807) is 0 Å². The number of halogens is 2. The molecule has 0 saturated carbocycles. The van der Waals surface area contributed by atoms with Crippen LogP contribution in [-0.4, -0.2) is 12.3 Å². The maximum atomic E-state index is 3.54. The second-order valence-corrected chi connectivity index (χ2v) is 22.4. The summed E-state index contributed by atoms with van der Waals surface area (Å²) in [6.07, 6.45) is 0. The van der Waals surface area contributed by atoms with Crippen molar-refractivity contribution in [2.24, 2.45) is 0 Å². The molecule has 0 bridgehead atoms. The van der Waals surface area contributed by atoms with Gasteiger partial charge in [0, 0.05) is 0 Å². The van der Waals surface area contributed by atoms with Crippen molar-refractivity contribution in [3.8, 4) is 0 Å². The molecule has 0 rings (SSSR count). The first-order chi connectivity index (χ1) is 2.64. The average molecular weight is 273 g/mol. The summed E-state index contributed by atoms with van der Waals surface area (Å²) >= 11 is 6.08. The Kier molecular flexibility index (Phi) is 4.53. The molecule has 3 heteroatoms. The van der Waals surface area contributed by atoms with Crippen LogP contribution >= 0.6 is 27.1 Å². The molecular formula is C3H7Br2Ga. The Morgan fingerprint density at radius 1 is 1.33 bits per heavy atom. The van der Waals surface area contributed by atoms with E-state index in [4.69, 9.17) is 0 Å². The van der Waals surface area contributed by atoms with E-state index >= 15 is 0 Å². The predicted molar refractivity (Wildman–Crippen MR) is 38.7 cm³/mol. The minimum atomic E-state index is -1.00. The predicted octanol–water partition coefficient (Wildman–Crippen LogP) is 2.67. The number of rotatable bonds is 1. The van der Waals surface area contributed by atoms with Crippen LogP contribution in [0.2, 0.25) is 4.47 Å². The summed E-state index contributed by atoms with van der Waals surface area (Å²) in [6, 6.07) is 0. The van der Waals surface area contributed by atoms with Gasteiger partial charge in [-0.1, -0.05) is 0 Å². The molecule has 6 heavy (non-hydrogen) atoms. The Hall–Kier alpha value is 1.60. The third-order valence-electron chi connectivity index (χ3n) is 0.504. The summed E-state index contributed by atoms with van der Waals surface area (Å²) in [6.45, 7) is 4.46. The van der Waals surface area contributed by atoms with Crippen molar-refractivity contribution in [1.82, 2.24) is 0 Å². The summed E-state index contributed by atoms with van der Waals surface area (Å²) in [5.74, 6) is 0. The Bertz CT molecular complexity index is 29.8. The van der Waals surface area contributed by atoms with Crippen LogP contribution in [0, 0.1) is 0 Å². The molecule has 0 saturated heterocycles. The molecule has 0 aliphatic rings. The first-order valence-corrected chi connectivity index (χ1v) is 14.7. The van der Waals surface area contributed by atoms with Gasteiger partial charge in [-0.3, -0.25) is 0 Å². The first kappa shape index (κ1) is 7.60. The van der Waals surface area contributed by atoms with Gasteiger partial charge in [0.25, 0.3) is 0 Å². The molecule has 0 unspecified atom stereocenters. The molecule has 0 amide bonds. The fraction of sp³-hybridized carbons (Fsp3) is 1.00. The molecule has 0 aromatic carbocycles. The SMILES string of the molecule is C[CH](C)[Ga]([Br])[Br]. The molecule has 36 valence electrons. The molecule has 0 spiro atoms. The van der Waals surface area contributed by atoms with Gasteiger partial charge in [0.1, 0.15) is 0 Å². The molecular weight excluding hydrogens is 266 g/mol. The van der Waals surface area contributed by atoms with Gasteiger partial charge >= 0.3 is 57.7 Å². The van der Waals surface area contributed by atoms with Crippen molar-refractivity contribution < 1.29 is 0 Å². The van der Waals surface area contributed by atoms with Crippen LogP contribution in [0.25, 0.3) is 0 Å². The second kappa shape index (κ2) is 3.58. The molecule has 0 aliphatic carbocycles. The van der Waals surface area contributed by atoms with Gasteiger partial charge in [0.05, 0.1) is 0 Å². The molecule has 0 N–H and O–H groups in total. The van der Waals surface area contributed by atoms with Crippen molar-refractivity contribution in [2.45, 2.75) is 18.3 Å². The Labute approximate surface area is 57.4 Å². The third kappa shape index (κ3) is 3.78. The van der Waals surface area contributed by atoms with Crippen molar-refractivity contribution in [3.63, 3.8) is 0 Å². The summed E-state index contributed by atoms with van der Waals surface area (Å²) in [4.78, 5) is 0. The molecule has 0 atom stereocenters. The van der Waals surface area contributed by atoms with E-state index in [9.17, 15) is 0 Å². The molecule has 0 nitrogen and oxygen atoms in total. The van der Waals surface area contributed by atoms with E-state index in [1.165, 1.54) is 0 Å². The van der Waals surface area contributed by atoms with Crippen LogP contribution in [0.15, 0.2) is 0 Å². The number of hydrogen-bond acceptors (Lipinski definition) is 0. The zero-order valence-corrected chi connectivity index (χ0v) is 9.51. The van der Waals surface area contributed by atoms with Crippen LogP contribution < -0.4 is 0 Å². The van der Waals surface area contributed by atoms with Crippen molar-refractivity contribution in [1.29, 1.82) is 0 Å². The van der Waals surface area contributed by atoms with Gasteiger partial charge in [-0.05, 0) is 0 Å². The minimum absolute atomic E-state index is 0.873. The summed E-state index contributed by atoms with van der Waals surface area (Å²) in [7, 11) is 0. The van der Waals surface area contributed by atoms with Gasteiger partial charge in [0.15, 0.2) is 0 Å². The first-order valence-electron chi connectivity index (χ1n) is 1.92. The zero-order valence-electron chi connectivity index (χ0n) is 3.91. The van der Waals surface area contributed by atoms with E-state index in [1.807, 2.05) is 0 Å². The molecule has 0 aromatic heterocycles. The van der Waals surface area contributed by atoms with Crippen LogP contribution in [0.3, 0.4) is 0 Å². The van der Waals surface area contributed by atoms with E-state index in [0.717, 1.165) is 4.47 Å². The van der Waals surface area contributed by atoms with E-state index < -0.39 is 12.3 Å². The Morgan fingerprint density at radius 2 is 1.50 bits per heavy atom. The van der Waals surface area contributed by atoms with Gasteiger partial charge in [-0.2, -0.15) is 0 Å². The summed E-state index contributed by atoms with van der Waals surface area (Å²) in [5, 5.41) is 0. The van der Waals surface area contributed by atoms with Gasteiger partial charge in [-0.15, -0.1) is 0 Å². The standard InChI is InChI=1S/C3H7.2BrH.Ga/c1-3-2;;;/h3H,1-2H3;2*1H;/q;;;+2/p-2. The molecule has 0 fully saturated rings.